The van der Waals surface area contributed by atoms with Crippen LogP contribution in [0.4, 0.5) is 0 Å². The SMILES string of the molecule is N#CSCC(Cl)=C(Cl)Br. The molecule has 9 heavy (non-hydrogen) atoms. The molecular weight excluding hydrogens is 245 g/mol. The van der Waals surface area contributed by atoms with Gasteiger partial charge in [0.05, 0.1) is 8.97 Å². The van der Waals surface area contributed by atoms with E-state index in [1.807, 2.05) is 5.40 Å². The summed E-state index contributed by atoms with van der Waals surface area (Å²) in [5.41, 5.74) is 0. The molecule has 0 amide bonds. The molecule has 0 bridgehead atoms. The molecule has 0 unspecified atom stereocenters. The summed E-state index contributed by atoms with van der Waals surface area (Å²) in [5, 5.41) is 10.4. The molecule has 0 aromatic carbocycles. The fraction of sp³-hybridized carbons (Fsp3) is 0.250. The minimum Gasteiger partial charge on any atom is -0.185 e. The van der Waals surface area contributed by atoms with Crippen molar-refractivity contribution in [2.75, 3.05) is 5.75 Å². The van der Waals surface area contributed by atoms with Gasteiger partial charge in [0.2, 0.25) is 0 Å². The van der Waals surface area contributed by atoms with Gasteiger partial charge >= 0.3 is 0 Å². The first kappa shape index (κ1) is 9.64. The third kappa shape index (κ3) is 5.10. The fourth-order valence-corrected chi connectivity index (χ4v) is 1.12. The van der Waals surface area contributed by atoms with Crippen LogP contribution >= 0.6 is 50.9 Å². The third-order valence-corrected chi connectivity index (χ3v) is 2.54. The monoisotopic (exact) mass is 245 g/mol. The summed E-state index contributed by atoms with van der Waals surface area (Å²) in [5.74, 6) is 0.433. The maximum atomic E-state index is 8.07. The Hall–Kier alpha value is 0.640. The molecule has 0 radical (unpaired) electrons. The predicted molar refractivity (Wildman–Crippen MR) is 45.7 cm³/mol. The molecule has 0 aliphatic heterocycles. The van der Waals surface area contributed by atoms with Gasteiger partial charge in [-0.05, 0) is 27.7 Å². The van der Waals surface area contributed by atoms with E-state index in [0.717, 1.165) is 11.8 Å². The molecule has 0 atom stereocenters. The van der Waals surface area contributed by atoms with Gasteiger partial charge in [-0.15, -0.1) is 0 Å². The van der Waals surface area contributed by atoms with Gasteiger partial charge in [0.15, 0.2) is 0 Å². The first-order valence-electron chi connectivity index (χ1n) is 1.89. The molecule has 0 saturated carbocycles. The molecule has 1 nitrogen and oxygen atoms in total. The lowest BCUT2D eigenvalue weighted by Gasteiger charge is -1.90. The van der Waals surface area contributed by atoms with Crippen LogP contribution in [0.25, 0.3) is 0 Å². The van der Waals surface area contributed by atoms with Crippen LogP contribution < -0.4 is 0 Å². The number of nitriles is 1. The Morgan fingerprint density at radius 2 is 2.22 bits per heavy atom. The van der Waals surface area contributed by atoms with Crippen molar-refractivity contribution in [3.8, 4) is 5.40 Å². The molecule has 0 fully saturated rings. The van der Waals surface area contributed by atoms with E-state index in [2.05, 4.69) is 15.9 Å². The zero-order valence-corrected chi connectivity index (χ0v) is 8.11. The normalized spacial score (nSPS) is 12.2. The molecule has 0 N–H and O–H groups in total. The van der Waals surface area contributed by atoms with Crippen LogP contribution in [0, 0.1) is 10.7 Å². The van der Waals surface area contributed by atoms with E-state index >= 15 is 0 Å². The van der Waals surface area contributed by atoms with E-state index in [0.29, 0.717) is 14.7 Å². The molecular formula is C4H2BrCl2NS. The number of halogens is 3. The van der Waals surface area contributed by atoms with E-state index in [-0.39, 0.29) is 0 Å². The summed E-state index contributed by atoms with van der Waals surface area (Å²) in [7, 11) is 0. The highest BCUT2D eigenvalue weighted by Crippen LogP contribution is 2.22. The zero-order chi connectivity index (χ0) is 7.28. The number of thioether (sulfide) groups is 1. The first-order valence-corrected chi connectivity index (χ1v) is 4.42. The van der Waals surface area contributed by atoms with Gasteiger partial charge in [0, 0.05) is 5.75 Å². The lowest BCUT2D eigenvalue weighted by atomic mass is 10.7. The second-order valence-corrected chi connectivity index (χ2v) is 3.89. The molecule has 0 rings (SSSR count). The Bertz CT molecular complexity index is 158. The average molecular weight is 247 g/mol. The number of hydrogen-bond donors (Lipinski definition) is 0. The van der Waals surface area contributed by atoms with Crippen molar-refractivity contribution in [2.45, 2.75) is 0 Å². The van der Waals surface area contributed by atoms with Crippen LogP contribution in [-0.4, -0.2) is 5.75 Å². The summed E-state index contributed by atoms with van der Waals surface area (Å²) >= 11 is 14.9. The van der Waals surface area contributed by atoms with Crippen LogP contribution in [-0.2, 0) is 0 Å². The average Bonchev–Trinajstić information content (AvgIpc) is 1.82. The van der Waals surface area contributed by atoms with Crippen molar-refractivity contribution < 1.29 is 0 Å². The number of hydrogen-bond acceptors (Lipinski definition) is 2. The van der Waals surface area contributed by atoms with Gasteiger partial charge < -0.3 is 0 Å². The Kier molecular flexibility index (Phi) is 5.81. The molecule has 5 heteroatoms. The van der Waals surface area contributed by atoms with Gasteiger partial charge in [0.1, 0.15) is 5.40 Å². The summed E-state index contributed by atoms with van der Waals surface area (Å²) < 4.78 is 0.368. The summed E-state index contributed by atoms with van der Waals surface area (Å²) in [4.78, 5) is 0. The molecule has 0 aliphatic rings. The van der Waals surface area contributed by atoms with Crippen molar-refractivity contribution in [1.82, 2.24) is 0 Å². The van der Waals surface area contributed by atoms with Crippen LogP contribution in [0.2, 0.25) is 0 Å². The molecule has 0 saturated heterocycles. The highest BCUT2D eigenvalue weighted by Gasteiger charge is 1.96. The van der Waals surface area contributed by atoms with Crippen molar-refractivity contribution in [2.24, 2.45) is 0 Å². The standard InChI is InChI=1S/C4H2BrCl2NS/c5-4(7)3(6)1-9-2-8/h1H2. The quantitative estimate of drug-likeness (QED) is 0.699. The second kappa shape index (κ2) is 5.43. The number of nitrogens with zero attached hydrogens (tertiary/aromatic N) is 1. The van der Waals surface area contributed by atoms with Crippen molar-refractivity contribution in [3.63, 3.8) is 0 Å². The van der Waals surface area contributed by atoms with Gasteiger partial charge in [-0.25, -0.2) is 0 Å². The van der Waals surface area contributed by atoms with Crippen LogP contribution in [0.15, 0.2) is 8.97 Å². The van der Waals surface area contributed by atoms with E-state index in [9.17, 15) is 0 Å². The van der Waals surface area contributed by atoms with Gasteiger partial charge in [0.25, 0.3) is 0 Å². The van der Waals surface area contributed by atoms with Gasteiger partial charge in [-0.2, -0.15) is 5.26 Å². The van der Waals surface area contributed by atoms with Crippen LogP contribution in [0.1, 0.15) is 0 Å². The van der Waals surface area contributed by atoms with Crippen LogP contribution in [0.3, 0.4) is 0 Å². The Morgan fingerprint density at radius 3 is 2.56 bits per heavy atom. The van der Waals surface area contributed by atoms with Gasteiger partial charge in [-0.1, -0.05) is 23.2 Å². The lowest BCUT2D eigenvalue weighted by molar-refractivity contribution is 1.56. The van der Waals surface area contributed by atoms with E-state index in [1.165, 1.54) is 0 Å². The summed E-state index contributed by atoms with van der Waals surface area (Å²) in [6, 6.07) is 0. The van der Waals surface area contributed by atoms with Crippen molar-refractivity contribution in [1.29, 1.82) is 5.26 Å². The van der Waals surface area contributed by atoms with Crippen LogP contribution in [0.5, 0.6) is 0 Å². The maximum absolute atomic E-state index is 8.07. The highest BCUT2D eigenvalue weighted by molar-refractivity contribution is 9.12. The second-order valence-electron chi connectivity index (χ2n) is 1.05. The first-order chi connectivity index (χ1) is 4.18. The molecule has 50 valence electrons. The van der Waals surface area contributed by atoms with E-state index in [4.69, 9.17) is 28.5 Å². The van der Waals surface area contributed by atoms with Gasteiger partial charge in [-0.3, -0.25) is 0 Å². The summed E-state index contributed by atoms with van der Waals surface area (Å²) in [6.45, 7) is 0. The molecule has 0 aromatic rings. The third-order valence-electron chi connectivity index (χ3n) is 0.469. The largest absolute Gasteiger partial charge is 0.185 e. The molecule has 0 spiro atoms. The Morgan fingerprint density at radius 1 is 1.67 bits per heavy atom. The van der Waals surface area contributed by atoms with E-state index < -0.39 is 0 Å². The Balaban J connectivity index is 3.67. The molecule has 0 heterocycles. The fourth-order valence-electron chi connectivity index (χ4n) is 0.150. The highest BCUT2D eigenvalue weighted by atomic mass is 79.9. The number of rotatable bonds is 2. The smallest absolute Gasteiger partial charge is 0.133 e. The minimum absolute atomic E-state index is 0.368. The molecule has 0 aliphatic carbocycles. The minimum atomic E-state index is 0.368. The Labute approximate surface area is 76.1 Å². The van der Waals surface area contributed by atoms with Crippen molar-refractivity contribution >= 4 is 50.9 Å². The zero-order valence-electron chi connectivity index (χ0n) is 4.20. The number of thiocyanates is 1. The maximum Gasteiger partial charge on any atom is 0.133 e. The van der Waals surface area contributed by atoms with E-state index in [1.54, 1.807) is 0 Å². The molecule has 0 aromatic heterocycles. The predicted octanol–water partition coefficient (Wildman–Crippen LogP) is 3.24. The van der Waals surface area contributed by atoms with Crippen molar-refractivity contribution in [3.05, 3.63) is 8.97 Å². The lowest BCUT2D eigenvalue weighted by Crippen LogP contribution is -1.74. The topological polar surface area (TPSA) is 23.8 Å². The summed E-state index contributed by atoms with van der Waals surface area (Å²) in [6.07, 6.45) is 0.